The zero-order valence-electron chi connectivity index (χ0n) is 42.5. The lowest BCUT2D eigenvalue weighted by molar-refractivity contribution is -0.169. The molecule has 0 saturated carbocycles. The third-order valence-corrected chi connectivity index (χ3v) is 8.97. The van der Waals surface area contributed by atoms with Crippen molar-refractivity contribution in [1.29, 1.82) is 0 Å². The quantitative estimate of drug-likeness (QED) is 0.0835. The topological polar surface area (TPSA) is 223 Å². The van der Waals surface area contributed by atoms with Gasteiger partial charge < -0.3 is 109 Å². The predicted molar refractivity (Wildman–Crippen MR) is 253 cm³/mol. The summed E-state index contributed by atoms with van der Waals surface area (Å²) in [5, 5.41) is 8.60. The molecule has 0 aromatic rings. The molecule has 0 bridgehead atoms. The van der Waals surface area contributed by atoms with Gasteiger partial charge in [-0.15, -0.1) is 0 Å². The molecule has 420 valence electrons. The first kappa shape index (κ1) is 67.1. The average Bonchev–Trinajstić information content (AvgIpc) is 3.38. The zero-order chi connectivity index (χ0) is 49.7. The van der Waals surface area contributed by atoms with Crippen molar-refractivity contribution in [3.63, 3.8) is 0 Å². The third-order valence-electron chi connectivity index (χ3n) is 8.97. The van der Waals surface area contributed by atoms with Crippen molar-refractivity contribution in [2.45, 2.75) is 25.6 Å². The molecule has 0 radical (unpaired) electrons. The Morgan fingerprint density at radius 3 is 0.557 bits per heavy atom. The third kappa shape index (κ3) is 58.0. The summed E-state index contributed by atoms with van der Waals surface area (Å²) in [5.74, 6) is 0. The summed E-state index contributed by atoms with van der Waals surface area (Å²) in [6.45, 7) is 21.0. The highest BCUT2D eigenvalue weighted by Gasteiger charge is 2.13. The Balaban J connectivity index is 1.58. The highest BCUT2D eigenvalue weighted by atomic mass is 16.7. The molecule has 23 nitrogen and oxygen atoms in total. The van der Waals surface area contributed by atoms with E-state index < -0.39 is 0 Å². The van der Waals surface area contributed by atoms with Crippen molar-refractivity contribution in [3.8, 4) is 0 Å². The van der Waals surface area contributed by atoms with Crippen LogP contribution in [0.3, 0.4) is 0 Å². The number of hydrogen-bond acceptors (Lipinski definition) is 23. The first-order valence-corrected chi connectivity index (χ1v) is 25.3. The molecule has 1 aliphatic rings. The van der Waals surface area contributed by atoms with Gasteiger partial charge in [0.25, 0.3) is 0 Å². The van der Waals surface area contributed by atoms with Gasteiger partial charge in [-0.25, -0.2) is 0 Å². The van der Waals surface area contributed by atoms with Crippen LogP contribution in [0, 0.1) is 0 Å². The maximum absolute atomic E-state index is 8.60. The average molecular weight is 1030 g/mol. The molecule has 1 saturated heterocycles. The zero-order valence-corrected chi connectivity index (χ0v) is 42.5. The number of ether oxygens (including phenoxy) is 22. The molecule has 1 aliphatic heterocycles. The van der Waals surface area contributed by atoms with Crippen molar-refractivity contribution < 1.29 is 109 Å². The SMILES string of the molecule is OCCOCCOCCOCCOCCOCCOCCOCCOCCOCCOCCOCCOCCOCCOCCOCCOCCOCCOCCOCCOCCOC1CCCCO1. The van der Waals surface area contributed by atoms with Crippen molar-refractivity contribution >= 4 is 0 Å². The summed E-state index contributed by atoms with van der Waals surface area (Å²) in [5.41, 5.74) is 0. The molecule has 70 heavy (non-hydrogen) atoms. The first-order chi connectivity index (χ1) is 34.9. The van der Waals surface area contributed by atoms with Crippen LogP contribution in [0.4, 0.5) is 0 Å². The van der Waals surface area contributed by atoms with Gasteiger partial charge >= 0.3 is 0 Å². The van der Waals surface area contributed by atoms with Gasteiger partial charge in [-0.2, -0.15) is 0 Å². The fraction of sp³-hybridized carbons (Fsp3) is 1.00. The molecular weight excluding hydrogens is 932 g/mol. The lowest BCUT2D eigenvalue weighted by atomic mass is 10.2. The number of aliphatic hydroxyl groups excluding tert-OH is 1. The minimum absolute atomic E-state index is 0.0194. The van der Waals surface area contributed by atoms with Crippen LogP contribution in [0.5, 0.6) is 0 Å². The van der Waals surface area contributed by atoms with Crippen LogP contribution in [0.2, 0.25) is 0 Å². The second kappa shape index (κ2) is 62.4. The van der Waals surface area contributed by atoms with E-state index in [1.165, 1.54) is 0 Å². The number of rotatable bonds is 63. The van der Waals surface area contributed by atoms with E-state index in [4.69, 9.17) is 109 Å². The Morgan fingerprint density at radius 2 is 0.400 bits per heavy atom. The largest absolute Gasteiger partial charge is 0.394 e. The summed E-state index contributed by atoms with van der Waals surface area (Å²) in [4.78, 5) is 0. The Bertz CT molecular complexity index is 931. The molecule has 0 aromatic heterocycles. The van der Waals surface area contributed by atoms with Gasteiger partial charge in [0.05, 0.1) is 277 Å². The highest BCUT2D eigenvalue weighted by Crippen LogP contribution is 2.13. The fourth-order valence-electron chi connectivity index (χ4n) is 5.43. The van der Waals surface area contributed by atoms with E-state index in [2.05, 4.69) is 0 Å². The van der Waals surface area contributed by atoms with E-state index in [1.807, 2.05) is 0 Å². The van der Waals surface area contributed by atoms with E-state index >= 15 is 0 Å². The molecule has 0 amide bonds. The van der Waals surface area contributed by atoms with E-state index in [1.54, 1.807) is 0 Å². The summed E-state index contributed by atoms with van der Waals surface area (Å²) in [6.07, 6.45) is 3.16. The fourth-order valence-corrected chi connectivity index (χ4v) is 5.43. The van der Waals surface area contributed by atoms with Gasteiger partial charge in [-0.05, 0) is 19.3 Å². The van der Waals surface area contributed by atoms with Gasteiger partial charge in [-0.3, -0.25) is 0 Å². The molecule has 23 heteroatoms. The molecule has 1 unspecified atom stereocenters. The van der Waals surface area contributed by atoms with Crippen LogP contribution in [-0.4, -0.2) is 295 Å². The smallest absolute Gasteiger partial charge is 0.157 e. The maximum atomic E-state index is 8.60. The number of aliphatic hydroxyl groups is 1. The maximum Gasteiger partial charge on any atom is 0.157 e. The van der Waals surface area contributed by atoms with Gasteiger partial charge in [0.2, 0.25) is 0 Å². The minimum atomic E-state index is -0.0738. The van der Waals surface area contributed by atoms with Crippen LogP contribution in [0.15, 0.2) is 0 Å². The second-order valence-corrected chi connectivity index (χ2v) is 14.6. The van der Waals surface area contributed by atoms with Crippen LogP contribution in [0.25, 0.3) is 0 Å². The Morgan fingerprint density at radius 1 is 0.229 bits per heavy atom. The molecule has 1 fully saturated rings. The summed E-state index contributed by atoms with van der Waals surface area (Å²) in [6, 6.07) is 0. The Kier molecular flexibility index (Phi) is 59.8. The molecule has 0 aromatic carbocycles. The van der Waals surface area contributed by atoms with Crippen molar-refractivity contribution in [2.75, 3.05) is 284 Å². The molecule has 1 rings (SSSR count). The van der Waals surface area contributed by atoms with Gasteiger partial charge in [-0.1, -0.05) is 0 Å². The second-order valence-electron chi connectivity index (χ2n) is 14.6. The van der Waals surface area contributed by atoms with E-state index in [0.29, 0.717) is 271 Å². The normalized spacial score (nSPS) is 14.1. The van der Waals surface area contributed by atoms with Gasteiger partial charge in [0, 0.05) is 6.61 Å². The molecule has 1 N–H and O–H groups in total. The van der Waals surface area contributed by atoms with Crippen LogP contribution >= 0.6 is 0 Å². The molecule has 1 heterocycles. The van der Waals surface area contributed by atoms with Crippen molar-refractivity contribution in [2.24, 2.45) is 0 Å². The summed E-state index contributed by atoms with van der Waals surface area (Å²) in [7, 11) is 0. The van der Waals surface area contributed by atoms with E-state index in [-0.39, 0.29) is 12.9 Å². The number of hydrogen-bond donors (Lipinski definition) is 1. The molecule has 0 spiro atoms. The minimum Gasteiger partial charge on any atom is -0.394 e. The lowest BCUT2D eigenvalue weighted by Crippen LogP contribution is -2.24. The van der Waals surface area contributed by atoms with E-state index in [9.17, 15) is 0 Å². The summed E-state index contributed by atoms with van der Waals surface area (Å²) >= 11 is 0. The Hall–Kier alpha value is -0.920. The predicted octanol–water partition coefficient (Wildman–Crippen LogP) is 0.854. The first-order valence-electron chi connectivity index (χ1n) is 25.3. The van der Waals surface area contributed by atoms with E-state index in [0.717, 1.165) is 25.9 Å². The van der Waals surface area contributed by atoms with Crippen molar-refractivity contribution in [1.82, 2.24) is 0 Å². The monoisotopic (exact) mass is 1030 g/mol. The molecule has 1 atom stereocenters. The van der Waals surface area contributed by atoms with Crippen LogP contribution in [-0.2, 0) is 104 Å². The van der Waals surface area contributed by atoms with Gasteiger partial charge in [0.15, 0.2) is 6.29 Å². The molecular formula is C47H94O23. The Labute approximate surface area is 418 Å². The van der Waals surface area contributed by atoms with Crippen LogP contribution < -0.4 is 0 Å². The highest BCUT2D eigenvalue weighted by molar-refractivity contribution is 4.54. The standard InChI is InChI=1S/C47H94O23/c48-4-6-49-7-8-50-9-10-51-11-12-52-13-14-53-15-16-54-17-18-55-19-20-56-21-22-57-23-24-58-25-26-59-27-28-60-29-30-61-31-32-62-33-34-63-35-36-64-37-38-65-39-40-66-41-42-67-43-44-68-45-46-70-47-3-1-2-5-69-47/h47-48H,1-46H2. The molecule has 0 aliphatic carbocycles. The lowest BCUT2D eigenvalue weighted by Gasteiger charge is -2.22. The van der Waals surface area contributed by atoms with Crippen molar-refractivity contribution in [3.05, 3.63) is 0 Å². The van der Waals surface area contributed by atoms with Gasteiger partial charge in [0.1, 0.15) is 0 Å². The summed E-state index contributed by atoms with van der Waals surface area (Å²) < 4.78 is 121. The van der Waals surface area contributed by atoms with Crippen LogP contribution in [0.1, 0.15) is 19.3 Å².